The number of para-hydroxylation sites is 1. The van der Waals surface area contributed by atoms with E-state index in [4.69, 9.17) is 11.6 Å². The average molecular weight is 318 g/mol. The molecule has 2 aromatic rings. The number of quaternary nitrogens is 1. The molecule has 1 fully saturated rings. The Balaban J connectivity index is 1.55. The Labute approximate surface area is 136 Å². The average Bonchev–Trinajstić information content (AvgIpc) is 2.57. The Bertz CT molecular complexity index is 597. The van der Waals surface area contributed by atoms with E-state index in [9.17, 15) is 5.11 Å². The number of halogens is 1. The number of aliphatic hydroxyl groups excluding tert-OH is 1. The van der Waals surface area contributed by atoms with Gasteiger partial charge in [-0.2, -0.15) is 0 Å². The largest absolute Gasteiger partial charge is 0.382 e. The number of anilines is 1. The molecule has 116 valence electrons. The Kier molecular flexibility index (Phi) is 4.98. The fraction of sp³-hybridized carbons (Fsp3) is 0.333. The van der Waals surface area contributed by atoms with E-state index in [0.29, 0.717) is 0 Å². The normalized spacial score (nSPS) is 17.5. The maximum absolute atomic E-state index is 10.3. The van der Waals surface area contributed by atoms with E-state index >= 15 is 0 Å². The minimum Gasteiger partial charge on any atom is -0.382 e. The second kappa shape index (κ2) is 7.14. The van der Waals surface area contributed by atoms with Crippen molar-refractivity contribution < 1.29 is 10.0 Å². The summed E-state index contributed by atoms with van der Waals surface area (Å²) >= 11 is 6.27. The molecule has 0 radical (unpaired) electrons. The number of aliphatic hydroxyl groups is 1. The molecule has 0 aromatic heterocycles. The van der Waals surface area contributed by atoms with Gasteiger partial charge in [0.2, 0.25) is 0 Å². The highest BCUT2D eigenvalue weighted by Crippen LogP contribution is 2.24. The molecule has 1 saturated heterocycles. The summed E-state index contributed by atoms with van der Waals surface area (Å²) in [5.74, 6) is 0. The van der Waals surface area contributed by atoms with Gasteiger partial charge in [-0.05, 0) is 17.7 Å². The van der Waals surface area contributed by atoms with Crippen LogP contribution in [0.1, 0.15) is 11.7 Å². The van der Waals surface area contributed by atoms with Gasteiger partial charge in [0.15, 0.2) is 0 Å². The lowest BCUT2D eigenvalue weighted by Gasteiger charge is -2.34. The van der Waals surface area contributed by atoms with E-state index < -0.39 is 0 Å². The van der Waals surface area contributed by atoms with Gasteiger partial charge >= 0.3 is 0 Å². The van der Waals surface area contributed by atoms with Crippen LogP contribution in [0.5, 0.6) is 0 Å². The lowest BCUT2D eigenvalue weighted by Crippen LogP contribution is -3.15. The highest BCUT2D eigenvalue weighted by atomic mass is 35.5. The maximum atomic E-state index is 10.3. The number of rotatable bonds is 4. The summed E-state index contributed by atoms with van der Waals surface area (Å²) < 4.78 is 0. The van der Waals surface area contributed by atoms with Crippen molar-refractivity contribution in [2.45, 2.75) is 6.10 Å². The van der Waals surface area contributed by atoms with Gasteiger partial charge in [0.1, 0.15) is 12.6 Å². The molecule has 1 aliphatic rings. The minimum absolute atomic E-state index is 0.386. The first-order chi connectivity index (χ1) is 10.7. The molecule has 0 unspecified atom stereocenters. The number of piperazine rings is 1. The van der Waals surface area contributed by atoms with Crippen molar-refractivity contribution in [1.29, 1.82) is 0 Å². The van der Waals surface area contributed by atoms with Crippen molar-refractivity contribution >= 4 is 17.3 Å². The predicted molar refractivity (Wildman–Crippen MR) is 90.6 cm³/mol. The Morgan fingerprint density at radius 1 is 1.00 bits per heavy atom. The second-order valence-electron chi connectivity index (χ2n) is 5.82. The zero-order valence-corrected chi connectivity index (χ0v) is 13.3. The van der Waals surface area contributed by atoms with Crippen molar-refractivity contribution in [2.24, 2.45) is 0 Å². The molecule has 3 nitrogen and oxygen atoms in total. The third-order valence-corrected chi connectivity index (χ3v) is 4.65. The van der Waals surface area contributed by atoms with Gasteiger partial charge in [-0.3, -0.25) is 0 Å². The summed E-state index contributed by atoms with van der Waals surface area (Å²) in [7, 11) is 0. The molecule has 1 aliphatic heterocycles. The first-order valence-corrected chi connectivity index (χ1v) is 8.18. The number of nitrogens with one attached hydrogen (secondary N) is 1. The van der Waals surface area contributed by atoms with Gasteiger partial charge in [0, 0.05) is 0 Å². The smallest absolute Gasteiger partial charge is 0.128 e. The summed E-state index contributed by atoms with van der Waals surface area (Å²) in [4.78, 5) is 3.78. The molecule has 0 spiro atoms. The number of hydrogen-bond donors (Lipinski definition) is 2. The fourth-order valence-electron chi connectivity index (χ4n) is 3.04. The van der Waals surface area contributed by atoms with E-state index in [2.05, 4.69) is 11.0 Å². The van der Waals surface area contributed by atoms with Gasteiger partial charge in [-0.1, -0.05) is 54.1 Å². The highest BCUT2D eigenvalue weighted by molar-refractivity contribution is 6.33. The van der Waals surface area contributed by atoms with Crippen LogP contribution in [0.3, 0.4) is 0 Å². The fourth-order valence-corrected chi connectivity index (χ4v) is 3.30. The standard InChI is InChI=1S/C18H21ClN2O/c19-16-8-4-5-9-17(16)21-12-10-20(11-13-21)14-18(22)15-6-2-1-3-7-15/h1-9,18,22H,10-14H2/p+1/t18-/m0/s1. The summed E-state index contributed by atoms with van der Waals surface area (Å²) in [5.41, 5.74) is 2.12. The Morgan fingerprint density at radius 2 is 1.64 bits per heavy atom. The van der Waals surface area contributed by atoms with E-state index in [1.165, 1.54) is 4.90 Å². The van der Waals surface area contributed by atoms with Crippen LogP contribution in [0.2, 0.25) is 5.02 Å². The van der Waals surface area contributed by atoms with Crippen LogP contribution in [0.15, 0.2) is 54.6 Å². The topological polar surface area (TPSA) is 27.9 Å². The van der Waals surface area contributed by atoms with Crippen molar-refractivity contribution in [3.05, 3.63) is 65.2 Å². The molecule has 0 bridgehead atoms. The zero-order chi connectivity index (χ0) is 15.4. The first kappa shape index (κ1) is 15.3. The van der Waals surface area contributed by atoms with Crippen molar-refractivity contribution in [3.8, 4) is 0 Å². The van der Waals surface area contributed by atoms with E-state index in [1.807, 2.05) is 48.5 Å². The number of benzene rings is 2. The molecular formula is C18H22ClN2O+. The van der Waals surface area contributed by atoms with Crippen LogP contribution in [0.25, 0.3) is 0 Å². The summed E-state index contributed by atoms with van der Waals surface area (Å²) in [5, 5.41) is 11.2. The van der Waals surface area contributed by atoms with Crippen LogP contribution in [-0.2, 0) is 0 Å². The molecule has 1 heterocycles. The van der Waals surface area contributed by atoms with Crippen LogP contribution in [0, 0.1) is 0 Å². The summed E-state index contributed by atoms with van der Waals surface area (Å²) in [6.07, 6.45) is -0.386. The molecule has 0 saturated carbocycles. The molecule has 4 heteroatoms. The molecule has 1 atom stereocenters. The van der Waals surface area contributed by atoms with Crippen molar-refractivity contribution in [3.63, 3.8) is 0 Å². The Hall–Kier alpha value is -1.55. The molecule has 22 heavy (non-hydrogen) atoms. The van der Waals surface area contributed by atoms with Crippen LogP contribution < -0.4 is 9.80 Å². The maximum Gasteiger partial charge on any atom is 0.128 e. The lowest BCUT2D eigenvalue weighted by molar-refractivity contribution is -0.904. The predicted octanol–water partition coefficient (Wildman–Crippen LogP) is 1.78. The lowest BCUT2D eigenvalue weighted by atomic mass is 10.1. The van der Waals surface area contributed by atoms with E-state index in [-0.39, 0.29) is 6.10 Å². The minimum atomic E-state index is -0.386. The molecule has 0 amide bonds. The van der Waals surface area contributed by atoms with E-state index in [0.717, 1.165) is 49.0 Å². The molecule has 2 aromatic carbocycles. The van der Waals surface area contributed by atoms with Crippen molar-refractivity contribution in [1.82, 2.24) is 0 Å². The molecule has 2 N–H and O–H groups in total. The molecular weight excluding hydrogens is 296 g/mol. The first-order valence-electron chi connectivity index (χ1n) is 7.80. The monoisotopic (exact) mass is 317 g/mol. The number of hydrogen-bond acceptors (Lipinski definition) is 2. The zero-order valence-electron chi connectivity index (χ0n) is 12.6. The third-order valence-electron chi connectivity index (χ3n) is 4.33. The third kappa shape index (κ3) is 3.61. The van der Waals surface area contributed by atoms with Gasteiger partial charge in [-0.15, -0.1) is 0 Å². The van der Waals surface area contributed by atoms with Crippen molar-refractivity contribution in [2.75, 3.05) is 37.6 Å². The van der Waals surface area contributed by atoms with Crippen LogP contribution >= 0.6 is 11.6 Å². The molecule has 0 aliphatic carbocycles. The van der Waals surface area contributed by atoms with Gasteiger partial charge < -0.3 is 14.9 Å². The Morgan fingerprint density at radius 3 is 2.32 bits per heavy atom. The highest BCUT2D eigenvalue weighted by Gasteiger charge is 2.23. The van der Waals surface area contributed by atoms with E-state index in [1.54, 1.807) is 0 Å². The van der Waals surface area contributed by atoms with Gasteiger partial charge in [0.25, 0.3) is 0 Å². The molecule has 3 rings (SSSR count). The summed E-state index contributed by atoms with van der Waals surface area (Å²) in [6, 6.07) is 17.9. The van der Waals surface area contributed by atoms with Gasteiger partial charge in [-0.25, -0.2) is 0 Å². The second-order valence-corrected chi connectivity index (χ2v) is 6.23. The SMILES string of the molecule is O[C@@H](C[NH+]1CCN(c2ccccc2Cl)CC1)c1ccccc1. The summed E-state index contributed by atoms with van der Waals surface area (Å²) in [6.45, 7) is 4.76. The number of nitrogens with zero attached hydrogens (tertiary/aromatic N) is 1. The quantitative estimate of drug-likeness (QED) is 0.899. The van der Waals surface area contributed by atoms with Gasteiger partial charge in [0.05, 0.1) is 36.9 Å². The van der Waals surface area contributed by atoms with Crippen LogP contribution in [0.4, 0.5) is 5.69 Å². The van der Waals surface area contributed by atoms with Crippen LogP contribution in [-0.4, -0.2) is 37.8 Å².